The Morgan fingerprint density at radius 2 is 1.32 bits per heavy atom. The average Bonchev–Trinajstić information content (AvgIpc) is 1.65. The summed E-state index contributed by atoms with van der Waals surface area (Å²) < 4.78 is 10.9. The number of ether oxygens (including phenoxy) is 2. The Labute approximate surface area is 553 Å². The number of carboxylic acid groups (broad SMARTS) is 1. The number of carboxylic acids is 1. The Morgan fingerprint density at radius 1 is 0.670 bits per heavy atom. The molecule has 1 aliphatic carbocycles. The van der Waals surface area contributed by atoms with Crippen LogP contribution in [0.1, 0.15) is 108 Å². The summed E-state index contributed by atoms with van der Waals surface area (Å²) in [5, 5.41) is 54.3. The van der Waals surface area contributed by atoms with Gasteiger partial charge in [0.15, 0.2) is 5.78 Å². The van der Waals surface area contributed by atoms with Crippen LogP contribution in [0.5, 0.6) is 5.75 Å². The Morgan fingerprint density at radius 3 is 2.02 bits per heavy atom. The molecule has 0 saturated carbocycles. The summed E-state index contributed by atoms with van der Waals surface area (Å²) in [6.45, 7) is 11.4. The number of aliphatic hydroxyl groups is 1. The molecule has 26 heteroatoms. The largest absolute Gasteiger partial charge is 0.508 e. The summed E-state index contributed by atoms with van der Waals surface area (Å²) in [5.41, 5.74) is 3.11. The number of rotatable bonds is 20. The van der Waals surface area contributed by atoms with Crippen LogP contribution in [0.15, 0.2) is 115 Å². The first-order chi connectivity index (χ1) is 44.6. The van der Waals surface area contributed by atoms with Crippen molar-refractivity contribution >= 4 is 97.4 Å². The lowest BCUT2D eigenvalue weighted by molar-refractivity contribution is -0.142. The molecule has 5 aromatic rings. The molecular formula is C68H85N9O15S2. The van der Waals surface area contributed by atoms with E-state index in [1.807, 2.05) is 30.3 Å². The van der Waals surface area contributed by atoms with Crippen LogP contribution in [0.2, 0.25) is 0 Å². The van der Waals surface area contributed by atoms with Gasteiger partial charge in [0.05, 0.1) is 12.1 Å². The highest BCUT2D eigenvalue weighted by Gasteiger charge is 2.38. The molecule has 7 rings (SSSR count). The first-order valence-electron chi connectivity index (χ1n) is 31.2. The van der Waals surface area contributed by atoms with Crippen molar-refractivity contribution in [2.75, 3.05) is 18.1 Å². The Kier molecular flexibility index (Phi) is 26.1. The number of nitrogens with one attached hydrogen (secondary N) is 9. The van der Waals surface area contributed by atoms with Gasteiger partial charge in [0.2, 0.25) is 35.4 Å². The molecule has 12 N–H and O–H groups in total. The molecule has 0 bridgehead atoms. The van der Waals surface area contributed by atoms with Crippen LogP contribution in [0.3, 0.4) is 0 Å². The molecule has 2 heterocycles. The standard InChI is InChI=1S/C68H85N9O15S2/c1-39(78)57-63(86)75-55(62(85)73-53(64(87)88)34-45-36-70-49-22-14-13-21-48(45)49)38-94-93-37-54(74-60(83)51(32-40-17-9-8-10-18-40)76-66(90)92-68(5,6)7)56(80)35-44(31-41-24-28-46(79)29-25-41)58(81)72-52(33-43-27-26-42-19-11-12-20-47(42)43)61(84)71-50(59(82)77-57)23-15-16-30-69-65(89)91-67(2,3)4/h8-14,17-22,24-25,27-29,36,39,44,50-55,57,70,78-79H,15-16,23,26,30-35,37-38H2,1-7H3,(H,69,89)(H,71,84)(H,72,81)(H,73,85)(H,74,83)(H,75,86)(H,76,90)(H,77,82)(H,87,88)/t39-,44-,50+,51-,52-,53+,54+,55+,57+/m1/s1. The number of alkyl carbamates (subject to hydrolysis) is 2. The number of aromatic hydroxyl groups is 1. The number of H-pyrrole nitrogens is 1. The Hall–Kier alpha value is -8.88. The normalized spacial score (nSPS) is 20.5. The lowest BCUT2D eigenvalue weighted by Gasteiger charge is -2.29. The molecule has 504 valence electrons. The first kappa shape index (κ1) is 72.5. The number of hydrogen-bond donors (Lipinski definition) is 12. The number of allylic oxidation sites excluding steroid dienone is 1. The number of aromatic nitrogens is 1. The van der Waals surface area contributed by atoms with Crippen LogP contribution in [0.4, 0.5) is 9.59 Å². The van der Waals surface area contributed by atoms with Crippen LogP contribution < -0.4 is 42.5 Å². The van der Waals surface area contributed by atoms with E-state index in [0.717, 1.165) is 38.2 Å². The highest BCUT2D eigenvalue weighted by atomic mass is 33.1. The number of unbranched alkanes of at least 4 members (excludes halogenated alkanes) is 1. The molecule has 2 aliphatic rings. The summed E-state index contributed by atoms with van der Waals surface area (Å²) in [7, 11) is 1.91. The number of amides is 8. The van der Waals surface area contributed by atoms with Crippen molar-refractivity contribution in [1.82, 2.24) is 47.5 Å². The molecule has 0 unspecified atom stereocenters. The SMILES string of the molecule is C[C@@H](O)[C@@H]1NC(=O)[C@H](CCCCNC(=O)OC(C)(C)C)NC(=O)[C@@H](CC2=CCc3ccccc32)NC(=O)[C@H](Cc2ccc(O)cc2)CC(=O)[C@@H](NC(=O)[C@@H](Cc2ccccc2)NC(=O)OC(C)(C)C)CSSC[C@@H](C(=O)N[C@@H](Cc2c[nH]c3ccccc23)C(=O)O)NC1=O. The van der Waals surface area contributed by atoms with Gasteiger partial charge in [-0.05, 0) is 132 Å². The maximum Gasteiger partial charge on any atom is 0.408 e. The molecule has 4 aromatic carbocycles. The van der Waals surface area contributed by atoms with Crippen molar-refractivity contribution in [3.05, 3.63) is 143 Å². The van der Waals surface area contributed by atoms with Gasteiger partial charge in [0.1, 0.15) is 53.2 Å². The summed E-state index contributed by atoms with van der Waals surface area (Å²) in [5.74, 6) is -9.52. The predicted molar refractivity (Wildman–Crippen MR) is 357 cm³/mol. The lowest BCUT2D eigenvalue weighted by atomic mass is 9.90. The fourth-order valence-corrected chi connectivity index (χ4v) is 13.0. The number of para-hydroxylation sites is 1. The van der Waals surface area contributed by atoms with Crippen molar-refractivity contribution in [1.29, 1.82) is 0 Å². The van der Waals surface area contributed by atoms with Gasteiger partial charge < -0.3 is 72.3 Å². The van der Waals surface area contributed by atoms with Crippen LogP contribution in [-0.4, -0.2) is 157 Å². The first-order valence-corrected chi connectivity index (χ1v) is 33.7. The molecule has 24 nitrogen and oxygen atoms in total. The molecule has 9 atom stereocenters. The van der Waals surface area contributed by atoms with E-state index in [4.69, 9.17) is 9.47 Å². The number of ketones is 1. The molecule has 1 aliphatic heterocycles. The number of aromatic amines is 1. The zero-order chi connectivity index (χ0) is 68.3. The third-order valence-electron chi connectivity index (χ3n) is 15.4. The zero-order valence-electron chi connectivity index (χ0n) is 53.7. The minimum atomic E-state index is -1.81. The second-order valence-corrected chi connectivity index (χ2v) is 27.9. The zero-order valence-corrected chi connectivity index (χ0v) is 55.3. The molecule has 0 spiro atoms. The number of aliphatic hydroxyl groups excluding tert-OH is 1. The number of carbonyl (C=O) groups is 10. The lowest BCUT2D eigenvalue weighted by Crippen LogP contribution is -2.61. The fraction of sp³-hybridized carbons (Fsp3) is 0.441. The smallest absolute Gasteiger partial charge is 0.408 e. The molecule has 1 aromatic heterocycles. The highest BCUT2D eigenvalue weighted by molar-refractivity contribution is 8.76. The topological polar surface area (TPSA) is 362 Å². The van der Waals surface area contributed by atoms with Gasteiger partial charge in [0.25, 0.3) is 0 Å². The Balaban J connectivity index is 1.28. The molecule has 0 radical (unpaired) electrons. The van der Waals surface area contributed by atoms with Crippen molar-refractivity contribution in [3.8, 4) is 5.75 Å². The number of phenols is 1. The minimum Gasteiger partial charge on any atom is -0.508 e. The van der Waals surface area contributed by atoms with E-state index in [1.54, 1.807) is 114 Å². The Bertz CT molecular complexity index is 3530. The van der Waals surface area contributed by atoms with E-state index in [2.05, 4.69) is 47.5 Å². The van der Waals surface area contributed by atoms with Crippen LogP contribution in [0.25, 0.3) is 16.5 Å². The van der Waals surface area contributed by atoms with Crippen molar-refractivity contribution < 1.29 is 72.7 Å². The summed E-state index contributed by atoms with van der Waals surface area (Å²) in [6, 6.07) is 18.7. The number of aliphatic carboxylic acids is 1. The van der Waals surface area contributed by atoms with Crippen LogP contribution in [0, 0.1) is 5.92 Å². The number of benzene rings is 4. The number of carbonyl (C=O) groups excluding carboxylic acids is 9. The predicted octanol–water partition coefficient (Wildman–Crippen LogP) is 5.86. The maximum absolute atomic E-state index is 15.3. The fourth-order valence-electron chi connectivity index (χ4n) is 10.7. The second-order valence-electron chi connectivity index (χ2n) is 25.3. The number of Topliss-reactive ketones (excluding diaryl/α,β-unsaturated/α-hetero) is 1. The quantitative estimate of drug-likeness (QED) is 0.0320. The average molecular weight is 1330 g/mol. The summed E-state index contributed by atoms with van der Waals surface area (Å²) in [4.78, 5) is 147. The third-order valence-corrected chi connectivity index (χ3v) is 17.8. The van der Waals surface area contributed by atoms with E-state index in [-0.39, 0.29) is 68.7 Å². The highest BCUT2D eigenvalue weighted by Crippen LogP contribution is 2.32. The summed E-state index contributed by atoms with van der Waals surface area (Å²) >= 11 is 0. The molecule has 1 saturated heterocycles. The van der Waals surface area contributed by atoms with Gasteiger partial charge in [0, 0.05) is 66.8 Å². The minimum absolute atomic E-state index is 0.0564. The monoisotopic (exact) mass is 1330 g/mol. The van der Waals surface area contributed by atoms with Crippen molar-refractivity contribution in [2.24, 2.45) is 5.92 Å². The molecule has 1 fully saturated rings. The second kappa shape index (κ2) is 33.8. The van der Waals surface area contributed by atoms with E-state index in [1.165, 1.54) is 19.1 Å². The van der Waals surface area contributed by atoms with E-state index < -0.39 is 131 Å². The third kappa shape index (κ3) is 22.4. The van der Waals surface area contributed by atoms with Crippen LogP contribution >= 0.6 is 21.6 Å². The van der Waals surface area contributed by atoms with E-state index >= 15 is 14.4 Å². The van der Waals surface area contributed by atoms with Crippen LogP contribution in [-0.2, 0) is 73.5 Å². The van der Waals surface area contributed by atoms with Crippen molar-refractivity contribution in [3.63, 3.8) is 0 Å². The molecule has 94 heavy (non-hydrogen) atoms. The molecule has 8 amide bonds. The molecular weight excluding hydrogens is 1250 g/mol. The number of fused-ring (bicyclic) bond motifs is 2. The van der Waals surface area contributed by atoms with Gasteiger partial charge in [-0.25, -0.2) is 14.4 Å². The van der Waals surface area contributed by atoms with Gasteiger partial charge in [-0.2, -0.15) is 0 Å². The van der Waals surface area contributed by atoms with Gasteiger partial charge >= 0.3 is 18.2 Å². The van der Waals surface area contributed by atoms with Gasteiger partial charge in [-0.15, -0.1) is 0 Å². The van der Waals surface area contributed by atoms with E-state index in [0.29, 0.717) is 34.1 Å². The maximum atomic E-state index is 15.3. The summed E-state index contributed by atoms with van der Waals surface area (Å²) in [6.07, 6.45) is 0.0236. The van der Waals surface area contributed by atoms with Crippen molar-refractivity contribution in [2.45, 2.75) is 166 Å². The number of hydrogen-bond acceptors (Lipinski definition) is 16. The van der Waals surface area contributed by atoms with E-state index in [9.17, 15) is 48.9 Å². The van der Waals surface area contributed by atoms with Gasteiger partial charge in [-0.3, -0.25) is 33.6 Å². The number of phenolic OH excluding ortho intramolecular Hbond substituents is 1. The van der Waals surface area contributed by atoms with Gasteiger partial charge in [-0.1, -0.05) is 113 Å².